The standard InChI is InChI=1S/C19H28N6O2/c1-13-7-8-15(16(11-13)27-5)22-19(26)24-18-21-14(2)12-17(23-18)20-9-6-10-25(3)4/h7-8,11-12H,6,9-10H2,1-5H3,(H3,20,21,22,23,24,26). The van der Waals surface area contributed by atoms with Crippen LogP contribution in [-0.4, -0.2) is 55.2 Å². The van der Waals surface area contributed by atoms with E-state index in [2.05, 4.69) is 30.8 Å². The molecule has 0 spiro atoms. The lowest BCUT2D eigenvalue weighted by Crippen LogP contribution is -2.22. The van der Waals surface area contributed by atoms with Crippen molar-refractivity contribution in [3.63, 3.8) is 0 Å². The number of carbonyl (C=O) groups excluding carboxylic acids is 1. The molecule has 1 aromatic heterocycles. The lowest BCUT2D eigenvalue weighted by molar-refractivity contribution is 0.262. The Kier molecular flexibility index (Phi) is 7.36. The van der Waals surface area contributed by atoms with Gasteiger partial charge in [0.15, 0.2) is 0 Å². The zero-order chi connectivity index (χ0) is 19.8. The van der Waals surface area contributed by atoms with Crippen molar-refractivity contribution in [2.75, 3.05) is 50.2 Å². The molecule has 1 aromatic carbocycles. The molecule has 0 atom stereocenters. The van der Waals surface area contributed by atoms with Gasteiger partial charge in [-0.3, -0.25) is 5.32 Å². The largest absolute Gasteiger partial charge is 0.495 e. The van der Waals surface area contributed by atoms with Crippen LogP contribution in [0.1, 0.15) is 17.7 Å². The van der Waals surface area contributed by atoms with E-state index in [1.165, 1.54) is 0 Å². The summed E-state index contributed by atoms with van der Waals surface area (Å²) < 4.78 is 5.30. The van der Waals surface area contributed by atoms with E-state index in [1.807, 2.05) is 46.1 Å². The summed E-state index contributed by atoms with van der Waals surface area (Å²) in [6.45, 7) is 5.60. The topological polar surface area (TPSA) is 91.4 Å². The minimum atomic E-state index is -0.429. The second kappa shape index (κ2) is 9.72. The van der Waals surface area contributed by atoms with Gasteiger partial charge in [-0.1, -0.05) is 6.07 Å². The molecular weight excluding hydrogens is 344 g/mol. The number of benzene rings is 1. The number of hydrogen-bond donors (Lipinski definition) is 3. The molecule has 0 aliphatic carbocycles. The van der Waals surface area contributed by atoms with E-state index in [1.54, 1.807) is 13.2 Å². The number of methoxy groups -OCH3 is 1. The van der Waals surface area contributed by atoms with Crippen LogP contribution in [0.3, 0.4) is 0 Å². The van der Waals surface area contributed by atoms with Crippen molar-refractivity contribution < 1.29 is 9.53 Å². The number of nitrogens with zero attached hydrogens (tertiary/aromatic N) is 3. The third-order valence-corrected chi connectivity index (χ3v) is 3.77. The van der Waals surface area contributed by atoms with Crippen LogP contribution >= 0.6 is 0 Å². The van der Waals surface area contributed by atoms with E-state index in [0.717, 1.165) is 30.8 Å². The Bertz CT molecular complexity index is 779. The van der Waals surface area contributed by atoms with Gasteiger partial charge < -0.3 is 20.3 Å². The smallest absolute Gasteiger partial charge is 0.326 e. The van der Waals surface area contributed by atoms with Crippen LogP contribution in [0.2, 0.25) is 0 Å². The molecule has 0 bridgehead atoms. The van der Waals surface area contributed by atoms with Crippen LogP contribution in [0.15, 0.2) is 24.3 Å². The molecule has 27 heavy (non-hydrogen) atoms. The fraction of sp³-hybridized carbons (Fsp3) is 0.421. The SMILES string of the molecule is COc1cc(C)ccc1NC(=O)Nc1nc(C)cc(NCCCN(C)C)n1. The Morgan fingerprint density at radius 2 is 1.93 bits per heavy atom. The van der Waals surface area contributed by atoms with Gasteiger partial charge in [-0.25, -0.2) is 9.78 Å². The van der Waals surface area contributed by atoms with Crippen molar-refractivity contribution in [2.24, 2.45) is 0 Å². The number of amides is 2. The number of aromatic nitrogens is 2. The van der Waals surface area contributed by atoms with Crippen LogP contribution in [0, 0.1) is 13.8 Å². The highest BCUT2D eigenvalue weighted by Gasteiger charge is 2.10. The van der Waals surface area contributed by atoms with Crippen molar-refractivity contribution >= 4 is 23.5 Å². The van der Waals surface area contributed by atoms with Crippen LogP contribution < -0.4 is 20.7 Å². The van der Waals surface area contributed by atoms with Crippen LogP contribution in [-0.2, 0) is 0 Å². The molecule has 2 rings (SSSR count). The molecule has 0 saturated carbocycles. The van der Waals surface area contributed by atoms with Gasteiger partial charge >= 0.3 is 6.03 Å². The highest BCUT2D eigenvalue weighted by Crippen LogP contribution is 2.25. The third kappa shape index (κ3) is 6.74. The van der Waals surface area contributed by atoms with Gasteiger partial charge in [0.25, 0.3) is 0 Å². The van der Waals surface area contributed by atoms with Gasteiger partial charge in [0.05, 0.1) is 12.8 Å². The Morgan fingerprint density at radius 1 is 1.15 bits per heavy atom. The van der Waals surface area contributed by atoms with Crippen molar-refractivity contribution in [3.8, 4) is 5.75 Å². The minimum Gasteiger partial charge on any atom is -0.495 e. The first-order chi connectivity index (χ1) is 12.9. The summed E-state index contributed by atoms with van der Waals surface area (Å²) in [5.41, 5.74) is 2.39. The van der Waals surface area contributed by atoms with E-state index < -0.39 is 6.03 Å². The lowest BCUT2D eigenvalue weighted by atomic mass is 10.2. The molecule has 0 aliphatic rings. The number of nitrogens with one attached hydrogen (secondary N) is 3. The van der Waals surface area contributed by atoms with Gasteiger partial charge in [-0.05, 0) is 58.6 Å². The summed E-state index contributed by atoms with van der Waals surface area (Å²) in [5.74, 6) is 1.52. The normalized spacial score (nSPS) is 10.6. The fourth-order valence-corrected chi connectivity index (χ4v) is 2.48. The minimum absolute atomic E-state index is 0.244. The van der Waals surface area contributed by atoms with E-state index in [0.29, 0.717) is 17.3 Å². The van der Waals surface area contributed by atoms with Crippen LogP contribution in [0.4, 0.5) is 22.2 Å². The summed E-state index contributed by atoms with van der Waals surface area (Å²) in [4.78, 5) is 23.1. The average Bonchev–Trinajstić information content (AvgIpc) is 2.59. The van der Waals surface area contributed by atoms with Crippen LogP contribution in [0.25, 0.3) is 0 Å². The predicted octanol–water partition coefficient (Wildman–Crippen LogP) is 3.11. The highest BCUT2D eigenvalue weighted by molar-refractivity contribution is 5.99. The van der Waals surface area contributed by atoms with Crippen molar-refractivity contribution in [1.82, 2.24) is 14.9 Å². The second-order valence-corrected chi connectivity index (χ2v) is 6.58. The Labute approximate surface area is 160 Å². The first-order valence-corrected chi connectivity index (χ1v) is 8.84. The molecule has 0 saturated heterocycles. The van der Waals surface area contributed by atoms with Crippen LogP contribution in [0.5, 0.6) is 5.75 Å². The van der Waals surface area contributed by atoms with Gasteiger partial charge in [0, 0.05) is 18.3 Å². The second-order valence-electron chi connectivity index (χ2n) is 6.58. The Morgan fingerprint density at radius 3 is 2.63 bits per heavy atom. The lowest BCUT2D eigenvalue weighted by Gasteiger charge is -2.13. The highest BCUT2D eigenvalue weighted by atomic mass is 16.5. The first kappa shape index (κ1) is 20.4. The number of anilines is 3. The molecule has 0 unspecified atom stereocenters. The number of hydrogen-bond acceptors (Lipinski definition) is 6. The number of urea groups is 1. The quantitative estimate of drug-likeness (QED) is 0.617. The number of carbonyl (C=O) groups is 1. The maximum atomic E-state index is 12.3. The maximum Gasteiger partial charge on any atom is 0.326 e. The molecule has 2 aromatic rings. The number of aryl methyl sites for hydroxylation is 2. The van der Waals surface area contributed by atoms with Gasteiger partial charge in [-0.15, -0.1) is 0 Å². The zero-order valence-corrected chi connectivity index (χ0v) is 16.6. The summed E-state index contributed by atoms with van der Waals surface area (Å²) in [6, 6.07) is 6.97. The molecule has 0 aliphatic heterocycles. The average molecular weight is 372 g/mol. The van der Waals surface area contributed by atoms with Gasteiger partial charge in [0.1, 0.15) is 11.6 Å². The summed E-state index contributed by atoms with van der Waals surface area (Å²) in [6.07, 6.45) is 0.993. The first-order valence-electron chi connectivity index (χ1n) is 8.84. The number of ether oxygens (including phenoxy) is 1. The molecule has 2 amide bonds. The third-order valence-electron chi connectivity index (χ3n) is 3.77. The molecule has 0 fully saturated rings. The molecular formula is C19H28N6O2. The monoisotopic (exact) mass is 372 g/mol. The van der Waals surface area contributed by atoms with E-state index in [9.17, 15) is 4.79 Å². The molecule has 146 valence electrons. The van der Waals surface area contributed by atoms with E-state index in [4.69, 9.17) is 4.74 Å². The molecule has 3 N–H and O–H groups in total. The molecule has 1 heterocycles. The van der Waals surface area contributed by atoms with Crippen molar-refractivity contribution in [1.29, 1.82) is 0 Å². The fourth-order valence-electron chi connectivity index (χ4n) is 2.48. The Hall–Kier alpha value is -2.87. The molecule has 0 radical (unpaired) electrons. The summed E-state index contributed by atoms with van der Waals surface area (Å²) in [7, 11) is 5.65. The predicted molar refractivity (Wildman–Crippen MR) is 109 cm³/mol. The Balaban J connectivity index is 1.99. The molecule has 8 heteroatoms. The van der Waals surface area contributed by atoms with Crippen molar-refractivity contribution in [3.05, 3.63) is 35.5 Å². The van der Waals surface area contributed by atoms with Crippen molar-refractivity contribution in [2.45, 2.75) is 20.3 Å². The van der Waals surface area contributed by atoms with E-state index >= 15 is 0 Å². The van der Waals surface area contributed by atoms with Gasteiger partial charge in [0.2, 0.25) is 5.95 Å². The van der Waals surface area contributed by atoms with E-state index in [-0.39, 0.29) is 5.95 Å². The number of rotatable bonds is 8. The zero-order valence-electron chi connectivity index (χ0n) is 16.6. The van der Waals surface area contributed by atoms with Gasteiger partial charge in [-0.2, -0.15) is 4.98 Å². The summed E-state index contributed by atoms with van der Waals surface area (Å²) >= 11 is 0. The molecule has 8 nitrogen and oxygen atoms in total. The maximum absolute atomic E-state index is 12.3. The summed E-state index contributed by atoms with van der Waals surface area (Å²) in [5, 5.41) is 8.69.